The number of ketones is 1. The normalized spacial score (nSPS) is 18.8. The lowest BCUT2D eigenvalue weighted by atomic mass is 9.72. The Kier molecular flexibility index (Phi) is 7.73. The highest BCUT2D eigenvalue weighted by molar-refractivity contribution is 6.04. The van der Waals surface area contributed by atoms with Crippen molar-refractivity contribution in [2.75, 3.05) is 6.61 Å². The summed E-state index contributed by atoms with van der Waals surface area (Å²) in [6.45, 7) is 3.43. The Hall–Kier alpha value is -4.45. The zero-order valence-corrected chi connectivity index (χ0v) is 22.1. The molecular weight excluding hydrogens is 490 g/mol. The van der Waals surface area contributed by atoms with Crippen molar-refractivity contribution >= 4 is 17.7 Å². The summed E-state index contributed by atoms with van der Waals surface area (Å²) in [5.41, 5.74) is 5.50. The number of nitrogens with one attached hydrogen (secondary N) is 1. The van der Waals surface area contributed by atoms with E-state index in [1.54, 1.807) is 24.3 Å². The molecule has 198 valence electrons. The Bertz CT molecular complexity index is 1440. The van der Waals surface area contributed by atoms with Crippen LogP contribution in [0.2, 0.25) is 0 Å². The molecule has 6 heteroatoms. The third kappa shape index (κ3) is 5.85. The molecule has 2 aliphatic rings. The predicted octanol–water partition coefficient (Wildman–Crippen LogP) is 5.76. The lowest BCUT2D eigenvalue weighted by Gasteiger charge is -2.36. The SMILES string of the molecule is CC(=O)Oc1ccc(C2C(C(=O)OCCc3ccccc3)=C(C)NC3=C2C(=O)CC(c2ccccc2)C3)cc1. The van der Waals surface area contributed by atoms with E-state index in [1.165, 1.54) is 6.92 Å². The molecule has 6 nitrogen and oxygen atoms in total. The summed E-state index contributed by atoms with van der Waals surface area (Å²) in [6.07, 6.45) is 1.63. The first-order chi connectivity index (χ1) is 18.9. The van der Waals surface area contributed by atoms with Gasteiger partial charge < -0.3 is 14.8 Å². The Morgan fingerprint density at radius 2 is 1.54 bits per heavy atom. The number of Topliss-reactive ketones (excluding diaryl/α,β-unsaturated/α-hetero) is 1. The molecule has 2 atom stereocenters. The van der Waals surface area contributed by atoms with Crippen LogP contribution in [0.4, 0.5) is 0 Å². The second-order valence-electron chi connectivity index (χ2n) is 9.96. The highest BCUT2D eigenvalue weighted by atomic mass is 16.5. The molecule has 0 bridgehead atoms. The van der Waals surface area contributed by atoms with Crippen molar-refractivity contribution in [1.82, 2.24) is 5.32 Å². The van der Waals surface area contributed by atoms with Crippen LogP contribution < -0.4 is 10.1 Å². The lowest BCUT2D eigenvalue weighted by molar-refractivity contribution is -0.139. The van der Waals surface area contributed by atoms with Gasteiger partial charge in [0.05, 0.1) is 12.2 Å². The summed E-state index contributed by atoms with van der Waals surface area (Å²) in [7, 11) is 0. The van der Waals surface area contributed by atoms with Gasteiger partial charge in [-0.15, -0.1) is 0 Å². The van der Waals surface area contributed by atoms with E-state index in [-0.39, 0.29) is 18.3 Å². The van der Waals surface area contributed by atoms with Crippen LogP contribution in [0.15, 0.2) is 107 Å². The van der Waals surface area contributed by atoms with E-state index in [1.807, 2.05) is 55.5 Å². The number of ether oxygens (including phenoxy) is 2. The van der Waals surface area contributed by atoms with Crippen molar-refractivity contribution in [3.63, 3.8) is 0 Å². The molecule has 0 saturated heterocycles. The minimum atomic E-state index is -0.582. The number of allylic oxidation sites excluding steroid dienone is 3. The number of rotatable bonds is 7. The van der Waals surface area contributed by atoms with Crippen LogP contribution >= 0.6 is 0 Å². The molecule has 3 aromatic carbocycles. The van der Waals surface area contributed by atoms with Crippen LogP contribution in [0.25, 0.3) is 0 Å². The maximum absolute atomic E-state index is 13.7. The van der Waals surface area contributed by atoms with Crippen molar-refractivity contribution in [1.29, 1.82) is 0 Å². The summed E-state index contributed by atoms with van der Waals surface area (Å²) >= 11 is 0. The van der Waals surface area contributed by atoms with E-state index in [4.69, 9.17) is 9.47 Å². The maximum Gasteiger partial charge on any atom is 0.336 e. The van der Waals surface area contributed by atoms with E-state index in [2.05, 4.69) is 17.4 Å². The Balaban J connectivity index is 1.47. The molecule has 2 unspecified atom stereocenters. The molecule has 0 radical (unpaired) electrons. The number of dihydropyridines is 1. The zero-order valence-electron chi connectivity index (χ0n) is 22.1. The van der Waals surface area contributed by atoms with Gasteiger partial charge in [0.25, 0.3) is 0 Å². The van der Waals surface area contributed by atoms with Gasteiger partial charge in [-0.25, -0.2) is 4.79 Å². The van der Waals surface area contributed by atoms with Crippen LogP contribution in [0.3, 0.4) is 0 Å². The summed E-state index contributed by atoms with van der Waals surface area (Å²) in [5, 5.41) is 3.39. The number of benzene rings is 3. The van der Waals surface area contributed by atoms with E-state index < -0.39 is 17.9 Å². The lowest BCUT2D eigenvalue weighted by Crippen LogP contribution is -2.36. The minimum Gasteiger partial charge on any atom is -0.462 e. The fourth-order valence-electron chi connectivity index (χ4n) is 5.48. The molecule has 3 aromatic rings. The average molecular weight is 522 g/mol. The van der Waals surface area contributed by atoms with Gasteiger partial charge in [-0.3, -0.25) is 9.59 Å². The van der Waals surface area contributed by atoms with Crippen LogP contribution in [-0.2, 0) is 25.5 Å². The van der Waals surface area contributed by atoms with Crippen LogP contribution in [0, 0.1) is 0 Å². The van der Waals surface area contributed by atoms with Gasteiger partial charge in [0, 0.05) is 42.7 Å². The molecule has 0 aromatic heterocycles. The summed E-state index contributed by atoms with van der Waals surface area (Å²) in [5.74, 6) is -0.975. The molecule has 5 rings (SSSR count). The van der Waals surface area contributed by atoms with E-state index in [0.29, 0.717) is 41.9 Å². The summed E-state index contributed by atoms with van der Waals surface area (Å²) in [4.78, 5) is 38.7. The molecule has 1 N–H and O–H groups in total. The third-order valence-corrected chi connectivity index (χ3v) is 7.26. The fourth-order valence-corrected chi connectivity index (χ4v) is 5.48. The second-order valence-corrected chi connectivity index (χ2v) is 9.96. The first-order valence-corrected chi connectivity index (χ1v) is 13.2. The number of hydrogen-bond donors (Lipinski definition) is 1. The van der Waals surface area contributed by atoms with Gasteiger partial charge in [0.15, 0.2) is 5.78 Å². The molecular formula is C33H31NO5. The molecule has 0 saturated carbocycles. The van der Waals surface area contributed by atoms with Crippen molar-refractivity contribution in [3.05, 3.63) is 124 Å². The molecule has 0 spiro atoms. The van der Waals surface area contributed by atoms with Gasteiger partial charge >= 0.3 is 11.9 Å². The van der Waals surface area contributed by atoms with Gasteiger partial charge in [-0.05, 0) is 48.1 Å². The Labute approximate surface area is 228 Å². The molecule has 0 fully saturated rings. The standard InChI is InChI=1S/C33H31NO5/c1-21-30(33(37)38-18-17-23-9-5-3-6-10-23)31(25-13-15-27(16-14-25)39-22(2)35)32-28(34-21)19-26(20-29(32)36)24-11-7-4-8-12-24/h3-16,26,31,34H,17-20H2,1-2H3. The number of esters is 2. The predicted molar refractivity (Wildman–Crippen MR) is 148 cm³/mol. The fraction of sp³-hybridized carbons (Fsp3) is 0.242. The number of carbonyl (C=O) groups excluding carboxylic acids is 3. The average Bonchev–Trinajstić information content (AvgIpc) is 2.93. The topological polar surface area (TPSA) is 81.7 Å². The largest absolute Gasteiger partial charge is 0.462 e. The van der Waals surface area contributed by atoms with Gasteiger partial charge in [-0.2, -0.15) is 0 Å². The molecule has 1 aliphatic heterocycles. The summed E-state index contributed by atoms with van der Waals surface area (Å²) in [6, 6.07) is 26.9. The molecule has 39 heavy (non-hydrogen) atoms. The first-order valence-electron chi connectivity index (χ1n) is 13.2. The van der Waals surface area contributed by atoms with Crippen molar-refractivity contribution in [2.45, 2.75) is 44.9 Å². The minimum absolute atomic E-state index is 0.00810. The molecule has 0 amide bonds. The first kappa shape index (κ1) is 26.2. The van der Waals surface area contributed by atoms with E-state index in [9.17, 15) is 14.4 Å². The van der Waals surface area contributed by atoms with E-state index in [0.717, 1.165) is 22.4 Å². The van der Waals surface area contributed by atoms with Crippen LogP contribution in [-0.4, -0.2) is 24.3 Å². The Morgan fingerprint density at radius 1 is 0.872 bits per heavy atom. The smallest absolute Gasteiger partial charge is 0.336 e. The van der Waals surface area contributed by atoms with E-state index >= 15 is 0 Å². The van der Waals surface area contributed by atoms with Crippen LogP contribution in [0.1, 0.15) is 55.2 Å². The Morgan fingerprint density at radius 3 is 2.21 bits per heavy atom. The number of hydrogen-bond acceptors (Lipinski definition) is 6. The monoisotopic (exact) mass is 521 g/mol. The highest BCUT2D eigenvalue weighted by Gasteiger charge is 2.41. The van der Waals surface area contributed by atoms with Gasteiger partial charge in [-0.1, -0.05) is 72.8 Å². The van der Waals surface area contributed by atoms with Crippen molar-refractivity contribution in [3.8, 4) is 5.75 Å². The zero-order chi connectivity index (χ0) is 27.4. The highest BCUT2D eigenvalue weighted by Crippen LogP contribution is 2.45. The quantitative estimate of drug-likeness (QED) is 0.315. The molecule has 1 heterocycles. The van der Waals surface area contributed by atoms with Gasteiger partial charge in [0.1, 0.15) is 5.75 Å². The summed E-state index contributed by atoms with van der Waals surface area (Å²) < 4.78 is 11.0. The van der Waals surface area contributed by atoms with Crippen LogP contribution in [0.5, 0.6) is 5.75 Å². The maximum atomic E-state index is 13.7. The molecule has 1 aliphatic carbocycles. The number of carbonyl (C=O) groups is 3. The second kappa shape index (κ2) is 11.5. The third-order valence-electron chi connectivity index (χ3n) is 7.26. The van der Waals surface area contributed by atoms with Crippen molar-refractivity contribution in [2.24, 2.45) is 0 Å². The van der Waals surface area contributed by atoms with Crippen molar-refractivity contribution < 1.29 is 23.9 Å². The van der Waals surface area contributed by atoms with Gasteiger partial charge in [0.2, 0.25) is 0 Å².